The Balaban J connectivity index is 0.000000720. The van der Waals surface area contributed by atoms with Crippen molar-refractivity contribution in [1.29, 1.82) is 0 Å². The van der Waals surface area contributed by atoms with Crippen LogP contribution < -0.4 is 5.46 Å². The zero-order valence-corrected chi connectivity index (χ0v) is 9.23. The molecule has 5 heteroatoms. The van der Waals surface area contributed by atoms with Gasteiger partial charge >= 0.3 is 6.75 Å². The SMILES string of the molecule is O[B-]1(O)OCc2c[c-]ccc21.[Y]. The van der Waals surface area contributed by atoms with Crippen LogP contribution in [0.4, 0.5) is 0 Å². The van der Waals surface area contributed by atoms with Gasteiger partial charge in [0.2, 0.25) is 0 Å². The van der Waals surface area contributed by atoms with Crippen molar-refractivity contribution in [3.8, 4) is 0 Å². The van der Waals surface area contributed by atoms with E-state index in [-0.39, 0.29) is 39.3 Å². The summed E-state index contributed by atoms with van der Waals surface area (Å²) in [6.07, 6.45) is 0. The Kier molecular flexibility index (Phi) is 3.07. The third kappa shape index (κ3) is 1.63. The fraction of sp³-hybridized carbons (Fsp3) is 0.143. The van der Waals surface area contributed by atoms with Crippen molar-refractivity contribution in [2.24, 2.45) is 0 Å². The van der Waals surface area contributed by atoms with Gasteiger partial charge in [-0.05, 0) is 6.61 Å². The maximum atomic E-state index is 9.23. The van der Waals surface area contributed by atoms with E-state index in [0.29, 0.717) is 5.46 Å². The third-order valence-electron chi connectivity index (χ3n) is 1.86. The molecule has 1 radical (unpaired) electrons. The van der Waals surface area contributed by atoms with Gasteiger partial charge in [-0.2, -0.15) is 29.8 Å². The van der Waals surface area contributed by atoms with E-state index in [2.05, 4.69) is 6.07 Å². The monoisotopic (exact) mass is 239 g/mol. The summed E-state index contributed by atoms with van der Waals surface area (Å²) in [5, 5.41) is 18.5. The van der Waals surface area contributed by atoms with Gasteiger partial charge in [-0.15, -0.1) is 0 Å². The van der Waals surface area contributed by atoms with Crippen LogP contribution in [0, 0.1) is 6.07 Å². The van der Waals surface area contributed by atoms with E-state index in [1.807, 2.05) is 0 Å². The molecule has 0 fully saturated rings. The van der Waals surface area contributed by atoms with Crippen LogP contribution in [0.1, 0.15) is 5.56 Å². The van der Waals surface area contributed by atoms with E-state index in [1.54, 1.807) is 18.2 Å². The summed E-state index contributed by atoms with van der Waals surface area (Å²) in [6, 6.07) is 7.79. The van der Waals surface area contributed by atoms with E-state index in [4.69, 9.17) is 4.65 Å². The van der Waals surface area contributed by atoms with Gasteiger partial charge in [0.05, 0.1) is 0 Å². The van der Waals surface area contributed by atoms with Crippen molar-refractivity contribution in [3.05, 3.63) is 29.8 Å². The molecule has 1 heterocycles. The van der Waals surface area contributed by atoms with Crippen LogP contribution in [0.3, 0.4) is 0 Å². The molecule has 0 aliphatic carbocycles. The van der Waals surface area contributed by atoms with Gasteiger partial charge in [-0.1, -0.05) is 0 Å². The van der Waals surface area contributed by atoms with E-state index in [1.165, 1.54) is 0 Å². The van der Waals surface area contributed by atoms with Crippen LogP contribution in [-0.2, 0) is 44.0 Å². The molecular weight excluding hydrogens is 232 g/mol. The zero-order chi connectivity index (χ0) is 7.90. The molecule has 1 aliphatic heterocycles. The minimum atomic E-state index is -2.72. The zero-order valence-electron chi connectivity index (χ0n) is 6.40. The summed E-state index contributed by atoms with van der Waals surface area (Å²) < 4.78 is 4.76. The molecule has 1 aliphatic rings. The molecule has 0 spiro atoms. The Labute approximate surface area is 95.6 Å². The van der Waals surface area contributed by atoms with Gasteiger partial charge in [0, 0.05) is 32.7 Å². The van der Waals surface area contributed by atoms with Crippen LogP contribution in [0.2, 0.25) is 0 Å². The first-order chi connectivity index (χ1) is 5.20. The minimum Gasteiger partial charge on any atom is -0.557 e. The predicted octanol–water partition coefficient (Wildman–Crippen LogP) is -0.855. The van der Waals surface area contributed by atoms with Gasteiger partial charge in [0.15, 0.2) is 0 Å². The third-order valence-corrected chi connectivity index (χ3v) is 1.86. The van der Waals surface area contributed by atoms with Crippen molar-refractivity contribution >= 4 is 12.2 Å². The van der Waals surface area contributed by atoms with Gasteiger partial charge in [-0.25, -0.2) is 5.46 Å². The van der Waals surface area contributed by atoms with Gasteiger partial charge < -0.3 is 14.7 Å². The summed E-state index contributed by atoms with van der Waals surface area (Å²) in [5.74, 6) is 0. The van der Waals surface area contributed by atoms with Gasteiger partial charge in [0.1, 0.15) is 0 Å². The van der Waals surface area contributed by atoms with E-state index in [9.17, 15) is 10.0 Å². The second-order valence-electron chi connectivity index (χ2n) is 2.64. The molecule has 0 saturated carbocycles. The van der Waals surface area contributed by atoms with Crippen LogP contribution in [-0.4, -0.2) is 16.8 Å². The van der Waals surface area contributed by atoms with Crippen molar-refractivity contribution in [3.63, 3.8) is 0 Å². The van der Waals surface area contributed by atoms with E-state index in [0.717, 1.165) is 5.56 Å². The Morgan fingerprint density at radius 2 is 2.25 bits per heavy atom. The van der Waals surface area contributed by atoms with Crippen molar-refractivity contribution in [1.82, 2.24) is 0 Å². The van der Waals surface area contributed by atoms with E-state index < -0.39 is 6.75 Å². The molecule has 0 saturated heterocycles. The molecule has 0 bridgehead atoms. The molecule has 0 unspecified atom stereocenters. The topological polar surface area (TPSA) is 49.7 Å². The molecule has 0 amide bonds. The smallest absolute Gasteiger partial charge is 0.381 e. The largest absolute Gasteiger partial charge is 0.557 e. The summed E-state index contributed by atoms with van der Waals surface area (Å²) >= 11 is 0. The fourth-order valence-corrected chi connectivity index (χ4v) is 1.26. The summed E-state index contributed by atoms with van der Waals surface area (Å²) in [5.41, 5.74) is 1.28. The van der Waals surface area contributed by atoms with Crippen LogP contribution >= 0.6 is 0 Å². The molecular formula is C7H7BO3Y-2. The maximum absolute atomic E-state index is 9.23. The summed E-state index contributed by atoms with van der Waals surface area (Å²) in [7, 11) is 0. The first-order valence-electron chi connectivity index (χ1n) is 3.42. The Hall–Kier alpha value is 0.269. The minimum absolute atomic E-state index is 0. The molecule has 61 valence electrons. The second-order valence-corrected chi connectivity index (χ2v) is 2.64. The summed E-state index contributed by atoms with van der Waals surface area (Å²) in [4.78, 5) is 0. The fourth-order valence-electron chi connectivity index (χ4n) is 1.26. The standard InChI is InChI=1S/C7H7BO3.Y/c9-8(10)7-4-2-1-3-6(7)5-11-8;/h2-4,9-10H,5H2;/q-2;. The van der Waals surface area contributed by atoms with Gasteiger partial charge in [-0.3, -0.25) is 0 Å². The molecule has 1 aromatic rings. The average molecular weight is 239 g/mol. The Bertz CT molecular complexity index is 290. The molecule has 0 aromatic heterocycles. The molecule has 1 aromatic carbocycles. The molecule has 2 rings (SSSR count). The van der Waals surface area contributed by atoms with E-state index >= 15 is 0 Å². The second kappa shape index (κ2) is 3.56. The summed E-state index contributed by atoms with van der Waals surface area (Å²) in [6.45, 7) is -2.45. The van der Waals surface area contributed by atoms with Crippen molar-refractivity contribution < 1.29 is 47.4 Å². The molecule has 3 nitrogen and oxygen atoms in total. The quantitative estimate of drug-likeness (QED) is 0.457. The van der Waals surface area contributed by atoms with Crippen molar-refractivity contribution in [2.75, 3.05) is 0 Å². The first-order valence-corrected chi connectivity index (χ1v) is 3.42. The molecule has 0 atom stereocenters. The van der Waals surface area contributed by atoms with Crippen LogP contribution in [0.5, 0.6) is 0 Å². The van der Waals surface area contributed by atoms with Gasteiger partial charge in [0.25, 0.3) is 0 Å². The molecule has 2 N–H and O–H groups in total. The number of fused-ring (bicyclic) bond motifs is 1. The van der Waals surface area contributed by atoms with Crippen molar-refractivity contribution in [2.45, 2.75) is 6.61 Å². The average Bonchev–Trinajstić information content (AvgIpc) is 2.29. The first kappa shape index (κ1) is 10.4. The van der Waals surface area contributed by atoms with Crippen LogP contribution in [0.25, 0.3) is 0 Å². The number of hydrogen-bond acceptors (Lipinski definition) is 3. The normalized spacial score (nSPS) is 18.2. The number of rotatable bonds is 0. The Morgan fingerprint density at radius 1 is 1.50 bits per heavy atom. The maximum Gasteiger partial charge on any atom is 0.381 e. The molecule has 12 heavy (non-hydrogen) atoms. The number of hydrogen-bond donors (Lipinski definition) is 2. The number of benzene rings is 1. The van der Waals surface area contributed by atoms with Crippen LogP contribution in [0.15, 0.2) is 18.2 Å². The Morgan fingerprint density at radius 3 is 2.92 bits per heavy atom. The predicted molar refractivity (Wildman–Crippen MR) is 39.9 cm³/mol.